The lowest BCUT2D eigenvalue weighted by molar-refractivity contribution is -0.120. The van der Waals surface area contributed by atoms with E-state index in [2.05, 4.69) is 20.2 Å². The minimum atomic E-state index is -0.0173. The van der Waals surface area contributed by atoms with Crippen LogP contribution in [0.25, 0.3) is 0 Å². The predicted molar refractivity (Wildman–Crippen MR) is 86.8 cm³/mol. The Bertz CT molecular complexity index is 644. The lowest BCUT2D eigenvalue weighted by Gasteiger charge is -2.32. The number of carbonyl (C=O) groups excluding carboxylic acids is 1. The van der Waals surface area contributed by atoms with Crippen molar-refractivity contribution in [1.82, 2.24) is 9.97 Å². The molecule has 1 fully saturated rings. The number of hydrogen-bond acceptors (Lipinski definition) is 4. The van der Waals surface area contributed by atoms with Gasteiger partial charge < -0.3 is 10.2 Å². The quantitative estimate of drug-likeness (QED) is 0.946. The van der Waals surface area contributed by atoms with Crippen molar-refractivity contribution in [2.45, 2.75) is 19.8 Å². The zero-order valence-corrected chi connectivity index (χ0v) is 12.7. The van der Waals surface area contributed by atoms with E-state index in [9.17, 15) is 4.79 Å². The van der Waals surface area contributed by atoms with Crippen LogP contribution in [0.2, 0.25) is 0 Å². The van der Waals surface area contributed by atoms with E-state index < -0.39 is 0 Å². The normalized spacial score (nSPS) is 18.0. The van der Waals surface area contributed by atoms with Gasteiger partial charge in [-0.2, -0.15) is 0 Å². The van der Waals surface area contributed by atoms with Gasteiger partial charge in [-0.05, 0) is 37.5 Å². The first-order valence-electron chi connectivity index (χ1n) is 7.61. The topological polar surface area (TPSA) is 58.1 Å². The molecule has 0 aliphatic carbocycles. The maximum Gasteiger partial charge on any atom is 0.229 e. The first kappa shape index (κ1) is 14.5. The van der Waals surface area contributed by atoms with Gasteiger partial charge in [0.15, 0.2) is 0 Å². The van der Waals surface area contributed by atoms with Gasteiger partial charge in [0.25, 0.3) is 0 Å². The third kappa shape index (κ3) is 3.42. The molecule has 1 atom stereocenters. The molecule has 0 spiro atoms. The summed E-state index contributed by atoms with van der Waals surface area (Å²) in [5.41, 5.74) is 2.00. The van der Waals surface area contributed by atoms with Gasteiger partial charge in [-0.25, -0.2) is 4.98 Å². The van der Waals surface area contributed by atoms with Crippen LogP contribution in [0.4, 0.5) is 11.5 Å². The second-order valence-electron chi connectivity index (χ2n) is 5.71. The van der Waals surface area contributed by atoms with Gasteiger partial charge in [-0.15, -0.1) is 0 Å². The molecule has 1 saturated heterocycles. The molecule has 1 aliphatic rings. The fraction of sp³-hybridized carbons (Fsp3) is 0.353. The minimum absolute atomic E-state index is 0.0173. The summed E-state index contributed by atoms with van der Waals surface area (Å²) in [5, 5.41) is 3.02. The van der Waals surface area contributed by atoms with Crippen molar-refractivity contribution in [2.75, 3.05) is 23.3 Å². The van der Waals surface area contributed by atoms with E-state index in [0.717, 1.165) is 36.5 Å². The molecule has 1 aromatic heterocycles. The highest BCUT2D eigenvalue weighted by molar-refractivity contribution is 5.93. The molecule has 0 radical (unpaired) electrons. The van der Waals surface area contributed by atoms with Gasteiger partial charge in [0, 0.05) is 31.2 Å². The molecule has 1 N–H and O–H groups in total. The fourth-order valence-electron chi connectivity index (χ4n) is 2.82. The molecule has 0 saturated carbocycles. The van der Waals surface area contributed by atoms with Gasteiger partial charge in [-0.3, -0.25) is 9.78 Å². The zero-order valence-electron chi connectivity index (χ0n) is 12.7. The zero-order chi connectivity index (χ0) is 15.4. The van der Waals surface area contributed by atoms with Gasteiger partial charge in [0.1, 0.15) is 5.82 Å². The number of nitrogens with zero attached hydrogens (tertiary/aromatic N) is 3. The third-order valence-electron chi connectivity index (χ3n) is 3.95. The number of anilines is 2. The maximum atomic E-state index is 12.5. The van der Waals surface area contributed by atoms with E-state index >= 15 is 0 Å². The second-order valence-corrected chi connectivity index (χ2v) is 5.71. The van der Waals surface area contributed by atoms with E-state index in [-0.39, 0.29) is 11.8 Å². The molecule has 1 aliphatic heterocycles. The molecule has 5 heteroatoms. The van der Waals surface area contributed by atoms with Crippen molar-refractivity contribution in [3.63, 3.8) is 0 Å². The number of piperidine rings is 1. The number of nitrogens with one attached hydrogen (secondary N) is 1. The highest BCUT2D eigenvalue weighted by atomic mass is 16.1. The molecule has 5 nitrogen and oxygen atoms in total. The molecule has 2 aromatic rings. The summed E-state index contributed by atoms with van der Waals surface area (Å²) in [6.07, 6.45) is 7.00. The van der Waals surface area contributed by atoms with Gasteiger partial charge in [0.05, 0.1) is 12.1 Å². The smallest absolute Gasteiger partial charge is 0.229 e. The molecule has 3 rings (SSSR count). The lowest BCUT2D eigenvalue weighted by atomic mass is 9.97. The van der Waals surface area contributed by atoms with Gasteiger partial charge >= 0.3 is 0 Å². The minimum Gasteiger partial charge on any atom is -0.355 e. The number of carbonyl (C=O) groups is 1. The van der Waals surface area contributed by atoms with Crippen LogP contribution in [0.15, 0.2) is 42.9 Å². The Morgan fingerprint density at radius 2 is 2.27 bits per heavy atom. The van der Waals surface area contributed by atoms with E-state index in [1.54, 1.807) is 18.6 Å². The van der Waals surface area contributed by atoms with Crippen molar-refractivity contribution in [3.05, 3.63) is 48.4 Å². The molecule has 1 unspecified atom stereocenters. The average Bonchev–Trinajstić information content (AvgIpc) is 2.56. The number of hydrogen-bond donors (Lipinski definition) is 1. The monoisotopic (exact) mass is 296 g/mol. The Hall–Kier alpha value is -2.43. The number of aryl methyl sites for hydroxylation is 1. The third-order valence-corrected chi connectivity index (χ3v) is 3.95. The van der Waals surface area contributed by atoms with Crippen molar-refractivity contribution in [3.8, 4) is 0 Å². The average molecular weight is 296 g/mol. The summed E-state index contributed by atoms with van der Waals surface area (Å²) in [4.78, 5) is 23.0. The Morgan fingerprint density at radius 1 is 1.36 bits per heavy atom. The highest BCUT2D eigenvalue weighted by Gasteiger charge is 2.26. The first-order chi connectivity index (χ1) is 10.7. The first-order valence-corrected chi connectivity index (χ1v) is 7.61. The summed E-state index contributed by atoms with van der Waals surface area (Å²) in [6.45, 7) is 3.63. The van der Waals surface area contributed by atoms with Crippen molar-refractivity contribution >= 4 is 17.4 Å². The van der Waals surface area contributed by atoms with Gasteiger partial charge in [0.2, 0.25) is 5.91 Å². The maximum absolute atomic E-state index is 12.5. The number of rotatable bonds is 3. The number of benzene rings is 1. The molecule has 0 bridgehead atoms. The molecule has 1 amide bonds. The highest BCUT2D eigenvalue weighted by Crippen LogP contribution is 2.22. The summed E-state index contributed by atoms with van der Waals surface area (Å²) in [6, 6.07) is 7.89. The van der Waals surface area contributed by atoms with Crippen LogP contribution in [0.5, 0.6) is 0 Å². The number of amides is 1. The van der Waals surface area contributed by atoms with Crippen LogP contribution in [0.1, 0.15) is 18.4 Å². The van der Waals surface area contributed by atoms with Crippen LogP contribution in [-0.2, 0) is 4.79 Å². The molecule has 2 heterocycles. The standard InChI is InChI=1S/C17H20N4O/c1-13-4-2-6-15(10-13)20-17(22)14-5-3-9-21(12-14)16-11-18-7-8-19-16/h2,4,6-8,10-11,14H,3,5,9,12H2,1H3,(H,20,22). The Balaban J connectivity index is 1.65. The Kier molecular flexibility index (Phi) is 4.32. The van der Waals surface area contributed by atoms with Crippen molar-refractivity contribution in [1.29, 1.82) is 0 Å². The van der Waals surface area contributed by atoms with E-state index in [0.29, 0.717) is 6.54 Å². The Labute approximate surface area is 130 Å². The summed E-state index contributed by atoms with van der Waals surface area (Å²) >= 11 is 0. The largest absolute Gasteiger partial charge is 0.355 e. The summed E-state index contributed by atoms with van der Waals surface area (Å²) < 4.78 is 0. The van der Waals surface area contributed by atoms with Crippen LogP contribution in [0.3, 0.4) is 0 Å². The summed E-state index contributed by atoms with van der Waals surface area (Å²) in [7, 11) is 0. The molecule has 114 valence electrons. The molecule has 22 heavy (non-hydrogen) atoms. The van der Waals surface area contributed by atoms with Crippen LogP contribution >= 0.6 is 0 Å². The van der Waals surface area contributed by atoms with Crippen molar-refractivity contribution < 1.29 is 4.79 Å². The summed E-state index contributed by atoms with van der Waals surface area (Å²) in [5.74, 6) is 0.908. The fourth-order valence-corrected chi connectivity index (χ4v) is 2.82. The van der Waals surface area contributed by atoms with E-state index in [1.807, 2.05) is 31.2 Å². The van der Waals surface area contributed by atoms with Gasteiger partial charge in [-0.1, -0.05) is 12.1 Å². The SMILES string of the molecule is Cc1cccc(NC(=O)C2CCCN(c3cnccn3)C2)c1. The van der Waals surface area contributed by atoms with Crippen LogP contribution in [0, 0.1) is 12.8 Å². The molecular weight excluding hydrogens is 276 g/mol. The van der Waals surface area contributed by atoms with E-state index in [1.165, 1.54) is 0 Å². The van der Waals surface area contributed by atoms with Crippen molar-refractivity contribution in [2.24, 2.45) is 5.92 Å². The Morgan fingerprint density at radius 3 is 3.05 bits per heavy atom. The lowest BCUT2D eigenvalue weighted by Crippen LogP contribution is -2.41. The second kappa shape index (κ2) is 6.56. The van der Waals surface area contributed by atoms with E-state index in [4.69, 9.17) is 0 Å². The molecular formula is C17H20N4O. The van der Waals surface area contributed by atoms with Crippen LogP contribution < -0.4 is 10.2 Å². The van der Waals surface area contributed by atoms with Crippen LogP contribution in [-0.4, -0.2) is 29.0 Å². The number of aromatic nitrogens is 2. The molecule has 1 aromatic carbocycles. The predicted octanol–water partition coefficient (Wildman–Crippen LogP) is 2.64.